The van der Waals surface area contributed by atoms with Gasteiger partial charge in [-0.25, -0.2) is 18.0 Å². The minimum atomic E-state index is -3.72. The predicted molar refractivity (Wildman–Crippen MR) is 108 cm³/mol. The Morgan fingerprint density at radius 2 is 1.70 bits per heavy atom. The monoisotopic (exact) mass is 433 g/mol. The summed E-state index contributed by atoms with van der Waals surface area (Å²) in [6.07, 6.45) is 0. The van der Waals surface area contributed by atoms with Gasteiger partial charge in [0, 0.05) is 13.1 Å². The first-order valence-electron chi connectivity index (χ1n) is 9.36. The molecule has 1 aliphatic heterocycles. The summed E-state index contributed by atoms with van der Waals surface area (Å²) in [7, 11) is -2.42. The number of carbonyl (C=O) groups excluding carboxylic acids is 2. The second-order valence-corrected chi connectivity index (χ2v) is 8.70. The van der Waals surface area contributed by atoms with E-state index in [2.05, 4.69) is 4.74 Å². The van der Waals surface area contributed by atoms with E-state index in [1.807, 2.05) is 0 Å². The van der Waals surface area contributed by atoms with Gasteiger partial charge >= 0.3 is 11.9 Å². The van der Waals surface area contributed by atoms with Crippen molar-refractivity contribution in [1.82, 2.24) is 4.31 Å². The zero-order valence-electron chi connectivity index (χ0n) is 16.8. The van der Waals surface area contributed by atoms with E-state index in [0.29, 0.717) is 29.9 Å². The summed E-state index contributed by atoms with van der Waals surface area (Å²) in [6.45, 7) is 2.94. The number of esters is 2. The molecule has 0 unspecified atom stereocenters. The van der Waals surface area contributed by atoms with Gasteiger partial charge in [0.25, 0.3) is 0 Å². The summed E-state index contributed by atoms with van der Waals surface area (Å²) in [4.78, 5) is 24.1. The van der Waals surface area contributed by atoms with Gasteiger partial charge in [-0.2, -0.15) is 4.31 Å². The number of morpholine rings is 1. The van der Waals surface area contributed by atoms with E-state index in [0.717, 1.165) is 0 Å². The molecule has 3 rings (SSSR count). The van der Waals surface area contributed by atoms with Crippen LogP contribution in [0.3, 0.4) is 0 Å². The molecule has 1 heterocycles. The van der Waals surface area contributed by atoms with Crippen molar-refractivity contribution in [2.75, 3.05) is 33.4 Å². The molecular formula is C21H23NO7S. The average molecular weight is 433 g/mol. The molecule has 0 aromatic heterocycles. The summed E-state index contributed by atoms with van der Waals surface area (Å²) in [5.74, 6) is -1.07. The molecule has 2 aromatic carbocycles. The molecule has 0 atom stereocenters. The van der Waals surface area contributed by atoms with E-state index < -0.39 is 22.0 Å². The Labute approximate surface area is 175 Å². The Hall–Kier alpha value is -2.75. The highest BCUT2D eigenvalue weighted by Crippen LogP contribution is 2.21. The van der Waals surface area contributed by atoms with Gasteiger partial charge in [0.2, 0.25) is 10.0 Å². The fourth-order valence-electron chi connectivity index (χ4n) is 3.00. The van der Waals surface area contributed by atoms with E-state index in [9.17, 15) is 18.0 Å². The Bertz CT molecular complexity index is 1030. The van der Waals surface area contributed by atoms with Crippen molar-refractivity contribution in [3.63, 3.8) is 0 Å². The van der Waals surface area contributed by atoms with E-state index >= 15 is 0 Å². The lowest BCUT2D eigenvalue weighted by Crippen LogP contribution is -2.40. The molecule has 0 radical (unpaired) electrons. The van der Waals surface area contributed by atoms with Gasteiger partial charge in [0.15, 0.2) is 0 Å². The molecule has 0 N–H and O–H groups in total. The standard InChI is InChI=1S/C21H23NO7S/c1-15-3-8-18(30(25,26)22-9-11-28-12-10-22)13-19(15)21(24)29-14-16-4-6-17(7-5-16)20(23)27-2/h3-8,13H,9-12,14H2,1-2H3. The zero-order valence-corrected chi connectivity index (χ0v) is 17.6. The average Bonchev–Trinajstić information content (AvgIpc) is 2.78. The fraction of sp³-hybridized carbons (Fsp3) is 0.333. The normalized spacial score (nSPS) is 14.9. The number of rotatable bonds is 6. The molecule has 9 heteroatoms. The van der Waals surface area contributed by atoms with Crippen molar-refractivity contribution >= 4 is 22.0 Å². The first-order chi connectivity index (χ1) is 14.3. The van der Waals surface area contributed by atoms with Crippen LogP contribution < -0.4 is 0 Å². The van der Waals surface area contributed by atoms with Gasteiger partial charge in [0.05, 0.1) is 36.3 Å². The SMILES string of the molecule is COC(=O)c1ccc(COC(=O)c2cc(S(=O)(=O)N3CCOCC3)ccc2C)cc1. The fourth-order valence-corrected chi connectivity index (χ4v) is 4.43. The summed E-state index contributed by atoms with van der Waals surface area (Å²) in [5.41, 5.74) is 1.88. The minimum Gasteiger partial charge on any atom is -0.465 e. The zero-order chi connectivity index (χ0) is 21.7. The summed E-state index contributed by atoms with van der Waals surface area (Å²) < 4.78 is 42.2. The number of hydrogen-bond acceptors (Lipinski definition) is 7. The molecule has 2 aromatic rings. The van der Waals surface area contributed by atoms with Crippen LogP contribution in [0.1, 0.15) is 31.8 Å². The van der Waals surface area contributed by atoms with Crippen molar-refractivity contribution < 1.29 is 32.2 Å². The van der Waals surface area contributed by atoms with E-state index in [4.69, 9.17) is 9.47 Å². The van der Waals surface area contributed by atoms with Crippen molar-refractivity contribution in [2.24, 2.45) is 0 Å². The molecule has 160 valence electrons. The van der Waals surface area contributed by atoms with Crippen LogP contribution in [0, 0.1) is 6.92 Å². The summed E-state index contributed by atoms with van der Waals surface area (Å²) >= 11 is 0. The number of ether oxygens (including phenoxy) is 3. The maximum absolute atomic E-state index is 12.8. The number of sulfonamides is 1. The molecule has 8 nitrogen and oxygen atoms in total. The molecule has 0 aliphatic carbocycles. The number of carbonyl (C=O) groups is 2. The Balaban J connectivity index is 1.73. The maximum atomic E-state index is 12.8. The maximum Gasteiger partial charge on any atom is 0.338 e. The van der Waals surface area contributed by atoms with Gasteiger partial charge in [-0.15, -0.1) is 0 Å². The highest BCUT2D eigenvalue weighted by molar-refractivity contribution is 7.89. The van der Waals surface area contributed by atoms with Gasteiger partial charge < -0.3 is 14.2 Å². The first-order valence-corrected chi connectivity index (χ1v) is 10.8. The van der Waals surface area contributed by atoms with Crippen LogP contribution in [0.4, 0.5) is 0 Å². The van der Waals surface area contributed by atoms with Crippen LogP contribution in [0.5, 0.6) is 0 Å². The van der Waals surface area contributed by atoms with Crippen LogP contribution in [-0.2, 0) is 30.8 Å². The summed E-state index contributed by atoms with van der Waals surface area (Å²) in [5, 5.41) is 0. The quantitative estimate of drug-likeness (QED) is 0.644. The van der Waals surface area contributed by atoms with Crippen LogP contribution >= 0.6 is 0 Å². The molecule has 0 amide bonds. The highest BCUT2D eigenvalue weighted by atomic mass is 32.2. The Morgan fingerprint density at radius 1 is 1.03 bits per heavy atom. The second kappa shape index (κ2) is 9.38. The first kappa shape index (κ1) is 21.9. The highest BCUT2D eigenvalue weighted by Gasteiger charge is 2.27. The van der Waals surface area contributed by atoms with Crippen molar-refractivity contribution in [2.45, 2.75) is 18.4 Å². The number of benzene rings is 2. The second-order valence-electron chi connectivity index (χ2n) is 6.76. The van der Waals surface area contributed by atoms with Crippen molar-refractivity contribution in [3.8, 4) is 0 Å². The third-order valence-corrected chi connectivity index (χ3v) is 6.68. The Morgan fingerprint density at radius 3 is 2.33 bits per heavy atom. The Kier molecular flexibility index (Phi) is 6.86. The smallest absolute Gasteiger partial charge is 0.338 e. The van der Waals surface area contributed by atoms with Gasteiger partial charge in [-0.3, -0.25) is 0 Å². The van der Waals surface area contributed by atoms with Gasteiger partial charge in [-0.1, -0.05) is 18.2 Å². The molecule has 30 heavy (non-hydrogen) atoms. The topological polar surface area (TPSA) is 99.2 Å². The van der Waals surface area contributed by atoms with E-state index in [1.54, 1.807) is 37.3 Å². The largest absolute Gasteiger partial charge is 0.465 e. The van der Waals surface area contributed by atoms with Crippen molar-refractivity contribution in [1.29, 1.82) is 0 Å². The van der Waals surface area contributed by atoms with Gasteiger partial charge in [-0.05, 0) is 42.3 Å². The number of aryl methyl sites for hydroxylation is 1. The minimum absolute atomic E-state index is 0.0137. The van der Waals surface area contributed by atoms with Crippen LogP contribution in [-0.4, -0.2) is 58.1 Å². The van der Waals surface area contributed by atoms with Crippen LogP contribution in [0.15, 0.2) is 47.4 Å². The number of hydrogen-bond donors (Lipinski definition) is 0. The molecule has 1 aliphatic rings. The van der Waals surface area contributed by atoms with Crippen LogP contribution in [0.2, 0.25) is 0 Å². The molecule has 0 saturated carbocycles. The molecule has 0 bridgehead atoms. The lowest BCUT2D eigenvalue weighted by atomic mass is 10.1. The number of methoxy groups -OCH3 is 1. The lowest BCUT2D eigenvalue weighted by Gasteiger charge is -2.26. The predicted octanol–water partition coefficient (Wildman–Crippen LogP) is 2.16. The number of nitrogens with zero attached hydrogens (tertiary/aromatic N) is 1. The summed E-state index contributed by atoms with van der Waals surface area (Å²) in [6, 6.07) is 10.9. The van der Waals surface area contributed by atoms with Crippen molar-refractivity contribution in [3.05, 3.63) is 64.7 Å². The van der Waals surface area contributed by atoms with E-state index in [-0.39, 0.29) is 30.2 Å². The van der Waals surface area contributed by atoms with Crippen LogP contribution in [0.25, 0.3) is 0 Å². The lowest BCUT2D eigenvalue weighted by molar-refractivity contribution is 0.0470. The molecule has 1 fully saturated rings. The third-order valence-electron chi connectivity index (χ3n) is 4.78. The molecule has 0 spiro atoms. The van der Waals surface area contributed by atoms with E-state index in [1.165, 1.54) is 23.5 Å². The molecular weight excluding hydrogens is 410 g/mol. The third kappa shape index (κ3) is 4.86. The van der Waals surface area contributed by atoms with Gasteiger partial charge in [0.1, 0.15) is 6.61 Å². The molecule has 1 saturated heterocycles.